The van der Waals surface area contributed by atoms with Crippen molar-refractivity contribution < 1.29 is 9.53 Å². The number of carbonyl (C=O) groups is 1. The number of ether oxygens (including phenoxy) is 1. The predicted octanol–water partition coefficient (Wildman–Crippen LogP) is 3.68. The molecule has 2 aromatic carbocycles. The van der Waals surface area contributed by atoms with Gasteiger partial charge in [0.25, 0.3) is 5.91 Å². The fourth-order valence-electron chi connectivity index (χ4n) is 2.08. The Bertz CT molecular complexity index is 633. The van der Waals surface area contributed by atoms with E-state index >= 15 is 0 Å². The summed E-state index contributed by atoms with van der Waals surface area (Å²) >= 11 is 5.87. The molecule has 0 fully saturated rings. The van der Waals surface area contributed by atoms with Gasteiger partial charge in [0.2, 0.25) is 0 Å². The van der Waals surface area contributed by atoms with E-state index in [9.17, 15) is 4.79 Å². The van der Waals surface area contributed by atoms with Crippen LogP contribution in [0.15, 0.2) is 48.5 Å². The van der Waals surface area contributed by atoms with E-state index < -0.39 is 0 Å². The van der Waals surface area contributed by atoms with Crippen LogP contribution in [0.4, 0.5) is 0 Å². The number of rotatable bonds is 8. The van der Waals surface area contributed by atoms with E-state index in [-0.39, 0.29) is 18.3 Å². The molecule has 0 bridgehead atoms. The molecule has 0 heterocycles. The molecule has 1 amide bonds. The van der Waals surface area contributed by atoms with E-state index in [0.29, 0.717) is 29.5 Å². The second-order valence-electron chi connectivity index (χ2n) is 5.12. The lowest BCUT2D eigenvalue weighted by molar-refractivity contribution is 0.0948. The monoisotopic (exact) mass is 368 g/mol. The summed E-state index contributed by atoms with van der Waals surface area (Å²) in [5.74, 6) is 0.460. The van der Waals surface area contributed by atoms with Crippen LogP contribution in [0.25, 0.3) is 0 Å². The quantitative estimate of drug-likeness (QED) is 0.698. The van der Waals surface area contributed by atoms with Gasteiger partial charge in [-0.25, -0.2) is 0 Å². The molecule has 0 aliphatic carbocycles. The smallest absolute Gasteiger partial charge is 0.255 e. The van der Waals surface area contributed by atoms with Gasteiger partial charge in [-0.2, -0.15) is 0 Å². The molecule has 2 aromatic rings. The van der Waals surface area contributed by atoms with Crippen molar-refractivity contribution in [2.24, 2.45) is 0 Å². The van der Waals surface area contributed by atoms with Crippen molar-refractivity contribution in [1.82, 2.24) is 10.6 Å². The van der Waals surface area contributed by atoms with Crippen molar-refractivity contribution in [1.29, 1.82) is 0 Å². The first-order valence-electron chi connectivity index (χ1n) is 7.60. The Balaban J connectivity index is 0.00000288. The third-order valence-electron chi connectivity index (χ3n) is 3.33. The molecule has 0 saturated carbocycles. The zero-order valence-electron chi connectivity index (χ0n) is 13.5. The van der Waals surface area contributed by atoms with E-state index in [0.717, 1.165) is 18.5 Å². The Kier molecular flexibility index (Phi) is 9.23. The summed E-state index contributed by atoms with van der Waals surface area (Å²) in [6, 6.07) is 14.7. The molecular formula is C18H22Cl2N2O2. The highest BCUT2D eigenvalue weighted by atomic mass is 35.5. The molecule has 2 rings (SSSR count). The first-order chi connectivity index (χ1) is 11.2. The summed E-state index contributed by atoms with van der Waals surface area (Å²) in [5, 5.41) is 6.64. The number of amides is 1. The molecule has 0 atom stereocenters. The standard InChI is InChI=1S/C18H21ClN2O2.ClH/c1-20-11-4-12-21-18(22)16-5-2-3-6-17(16)23-13-14-7-9-15(19)10-8-14;/h2-3,5-10,20H,4,11-13H2,1H3,(H,21,22);1H. The van der Waals surface area contributed by atoms with Crippen LogP contribution in [0, 0.1) is 0 Å². The number of hydrogen-bond acceptors (Lipinski definition) is 3. The predicted molar refractivity (Wildman–Crippen MR) is 100 cm³/mol. The third-order valence-corrected chi connectivity index (χ3v) is 3.58. The second kappa shape index (κ2) is 10.9. The van der Waals surface area contributed by atoms with Crippen LogP contribution >= 0.6 is 24.0 Å². The van der Waals surface area contributed by atoms with Crippen LogP contribution in [0.2, 0.25) is 5.02 Å². The molecule has 24 heavy (non-hydrogen) atoms. The maximum absolute atomic E-state index is 12.3. The van der Waals surface area contributed by atoms with Crippen LogP contribution < -0.4 is 15.4 Å². The molecule has 4 nitrogen and oxygen atoms in total. The van der Waals surface area contributed by atoms with Crippen molar-refractivity contribution in [3.05, 3.63) is 64.7 Å². The summed E-state index contributed by atoms with van der Waals surface area (Å²) in [7, 11) is 1.89. The highest BCUT2D eigenvalue weighted by molar-refractivity contribution is 6.30. The zero-order valence-corrected chi connectivity index (χ0v) is 15.1. The fourth-order valence-corrected chi connectivity index (χ4v) is 2.21. The topological polar surface area (TPSA) is 50.4 Å². The fraction of sp³-hybridized carbons (Fsp3) is 0.278. The number of benzene rings is 2. The SMILES string of the molecule is CNCCCNC(=O)c1ccccc1OCc1ccc(Cl)cc1.Cl. The van der Waals surface area contributed by atoms with Gasteiger partial charge in [-0.05, 0) is 49.8 Å². The molecule has 0 saturated heterocycles. The molecule has 0 unspecified atom stereocenters. The molecule has 0 aliphatic rings. The Morgan fingerprint density at radius 2 is 1.79 bits per heavy atom. The summed E-state index contributed by atoms with van der Waals surface area (Å²) in [6.07, 6.45) is 0.885. The molecule has 0 aliphatic heterocycles. The number of nitrogens with one attached hydrogen (secondary N) is 2. The molecule has 130 valence electrons. The highest BCUT2D eigenvalue weighted by Crippen LogP contribution is 2.20. The lowest BCUT2D eigenvalue weighted by Crippen LogP contribution is -2.27. The van der Waals surface area contributed by atoms with E-state index in [2.05, 4.69) is 10.6 Å². The molecule has 2 N–H and O–H groups in total. The molecule has 0 aromatic heterocycles. The lowest BCUT2D eigenvalue weighted by Gasteiger charge is -2.12. The average Bonchev–Trinajstić information content (AvgIpc) is 2.58. The summed E-state index contributed by atoms with van der Waals surface area (Å²) in [4.78, 5) is 12.3. The number of carbonyl (C=O) groups excluding carboxylic acids is 1. The van der Waals surface area contributed by atoms with E-state index in [1.807, 2.05) is 43.4 Å². The van der Waals surface area contributed by atoms with Crippen LogP contribution in [0.3, 0.4) is 0 Å². The second-order valence-corrected chi connectivity index (χ2v) is 5.56. The number of hydrogen-bond donors (Lipinski definition) is 2. The Hall–Kier alpha value is -1.75. The van der Waals surface area contributed by atoms with Crippen molar-refractivity contribution in [3.63, 3.8) is 0 Å². The average molecular weight is 369 g/mol. The van der Waals surface area contributed by atoms with Crippen LogP contribution in [-0.2, 0) is 6.61 Å². The Morgan fingerprint density at radius 1 is 1.08 bits per heavy atom. The maximum atomic E-state index is 12.3. The van der Waals surface area contributed by atoms with Crippen molar-refractivity contribution in [2.75, 3.05) is 20.1 Å². The first kappa shape index (κ1) is 20.3. The van der Waals surface area contributed by atoms with Crippen LogP contribution in [-0.4, -0.2) is 26.0 Å². The van der Waals surface area contributed by atoms with E-state index in [4.69, 9.17) is 16.3 Å². The minimum Gasteiger partial charge on any atom is -0.488 e. The van der Waals surface area contributed by atoms with Crippen LogP contribution in [0.5, 0.6) is 5.75 Å². The summed E-state index contributed by atoms with van der Waals surface area (Å²) in [6.45, 7) is 1.89. The van der Waals surface area contributed by atoms with Gasteiger partial charge in [-0.3, -0.25) is 4.79 Å². The summed E-state index contributed by atoms with van der Waals surface area (Å²) < 4.78 is 5.80. The van der Waals surface area contributed by atoms with E-state index in [1.54, 1.807) is 12.1 Å². The molecule has 0 radical (unpaired) electrons. The normalized spacial score (nSPS) is 9.92. The van der Waals surface area contributed by atoms with Gasteiger partial charge in [-0.1, -0.05) is 35.9 Å². The Morgan fingerprint density at radius 3 is 2.50 bits per heavy atom. The first-order valence-corrected chi connectivity index (χ1v) is 7.97. The van der Waals surface area contributed by atoms with Crippen molar-refractivity contribution in [2.45, 2.75) is 13.0 Å². The summed E-state index contributed by atoms with van der Waals surface area (Å²) in [5.41, 5.74) is 1.55. The molecular weight excluding hydrogens is 347 g/mol. The van der Waals surface area contributed by atoms with Gasteiger partial charge in [0.15, 0.2) is 0 Å². The third kappa shape index (κ3) is 6.40. The number of halogens is 2. The molecule has 0 spiro atoms. The maximum Gasteiger partial charge on any atom is 0.255 e. The molecule has 6 heteroatoms. The minimum absolute atomic E-state index is 0. The largest absolute Gasteiger partial charge is 0.488 e. The lowest BCUT2D eigenvalue weighted by atomic mass is 10.2. The van der Waals surface area contributed by atoms with Crippen LogP contribution in [0.1, 0.15) is 22.3 Å². The van der Waals surface area contributed by atoms with Gasteiger partial charge in [0, 0.05) is 11.6 Å². The number of para-hydroxylation sites is 1. The van der Waals surface area contributed by atoms with Gasteiger partial charge in [0.05, 0.1) is 5.56 Å². The zero-order chi connectivity index (χ0) is 16.5. The minimum atomic E-state index is -0.118. The Labute approximate surface area is 154 Å². The van der Waals surface area contributed by atoms with Gasteiger partial charge in [-0.15, -0.1) is 12.4 Å². The van der Waals surface area contributed by atoms with E-state index in [1.165, 1.54) is 0 Å². The van der Waals surface area contributed by atoms with Gasteiger partial charge in [0.1, 0.15) is 12.4 Å². The van der Waals surface area contributed by atoms with Gasteiger partial charge >= 0.3 is 0 Å². The van der Waals surface area contributed by atoms with Gasteiger partial charge < -0.3 is 15.4 Å². The van der Waals surface area contributed by atoms with Crippen molar-refractivity contribution in [3.8, 4) is 5.75 Å². The highest BCUT2D eigenvalue weighted by Gasteiger charge is 2.11. The van der Waals surface area contributed by atoms with Crippen molar-refractivity contribution >= 4 is 29.9 Å².